The standard InChI is InChI=1S/C14H23NO2.C11H18O.C4H8O.CH3.ClH.Mg/c1-12(2)5-4-6-13(3)11-14(16)15-7-9-17-10-8-15;1-9(2)6-5-7-10(3)8-11(4)12;1-2-4-5-3-1;;;/h5H,3-4,6-11H2,1-2H3;6H,3,5,7-8H2,1-2,4H3;1-4H2;1H3;1H;/q;;;-1;;+2/p-1. The van der Waals surface area contributed by atoms with Crippen molar-refractivity contribution in [3.05, 3.63) is 55.0 Å². The van der Waals surface area contributed by atoms with Crippen molar-refractivity contribution in [2.24, 2.45) is 0 Å². The fourth-order valence-electron chi connectivity index (χ4n) is 3.31. The van der Waals surface area contributed by atoms with Gasteiger partial charge in [-0.25, -0.2) is 0 Å². The van der Waals surface area contributed by atoms with Crippen LogP contribution in [0.1, 0.15) is 86.0 Å². The summed E-state index contributed by atoms with van der Waals surface area (Å²) >= 11 is 0. The van der Waals surface area contributed by atoms with Gasteiger partial charge in [-0.1, -0.05) is 47.6 Å². The number of Topliss-reactive ketones (excluding diaryl/α,β-unsaturated/α-hetero) is 1. The topological polar surface area (TPSA) is 55.8 Å². The normalized spacial score (nSPS) is 13.4. The maximum atomic E-state index is 11.9. The van der Waals surface area contributed by atoms with Gasteiger partial charge < -0.3 is 34.2 Å². The maximum absolute atomic E-state index is 11.9. The number of ketones is 1. The Kier molecular flexibility index (Phi) is 32.8. The van der Waals surface area contributed by atoms with Crippen LogP contribution in [0.3, 0.4) is 0 Å². The molecule has 7 heteroatoms. The molecule has 2 saturated heterocycles. The molecule has 0 aromatic heterocycles. The Labute approximate surface area is 250 Å². The van der Waals surface area contributed by atoms with E-state index < -0.39 is 0 Å². The number of carbonyl (C=O) groups excluding carboxylic acids is 2. The van der Waals surface area contributed by atoms with Crippen molar-refractivity contribution in [3.8, 4) is 0 Å². The maximum Gasteiger partial charge on any atom is 2.00 e. The molecule has 0 aliphatic carbocycles. The SMILES string of the molecule is C1CCOC1.C=C(CCC=C(C)C)CC(=O)N1CCOCC1.C=C(CCC=C(C)C)CC(C)=O.[CH3-].[Cl-].[Mg+2]. The molecule has 2 aliphatic heterocycles. The van der Waals surface area contributed by atoms with Gasteiger partial charge in [-0.3, -0.25) is 9.59 Å². The van der Waals surface area contributed by atoms with Crippen LogP contribution in [0.2, 0.25) is 0 Å². The number of ether oxygens (including phenoxy) is 2. The van der Waals surface area contributed by atoms with Crippen LogP contribution in [0.4, 0.5) is 0 Å². The summed E-state index contributed by atoms with van der Waals surface area (Å²) in [6.45, 7) is 22.5. The molecule has 2 heterocycles. The number of rotatable bonds is 10. The van der Waals surface area contributed by atoms with Gasteiger partial charge in [0.05, 0.1) is 13.2 Å². The van der Waals surface area contributed by atoms with Crippen molar-refractivity contribution in [3.63, 3.8) is 0 Å². The third-order valence-electron chi connectivity index (χ3n) is 5.19. The van der Waals surface area contributed by atoms with Crippen LogP contribution in [0.25, 0.3) is 0 Å². The molecule has 210 valence electrons. The molecule has 1 amide bonds. The minimum Gasteiger partial charge on any atom is -1.00 e. The summed E-state index contributed by atoms with van der Waals surface area (Å²) in [6.07, 6.45) is 11.8. The van der Waals surface area contributed by atoms with E-state index in [1.54, 1.807) is 6.92 Å². The number of hydrogen-bond acceptors (Lipinski definition) is 4. The second kappa shape index (κ2) is 28.1. The van der Waals surface area contributed by atoms with E-state index in [1.807, 2.05) is 4.90 Å². The van der Waals surface area contributed by atoms with Crippen LogP contribution >= 0.6 is 0 Å². The van der Waals surface area contributed by atoms with Crippen LogP contribution in [-0.4, -0.2) is 79.2 Å². The second-order valence-electron chi connectivity index (χ2n) is 9.51. The summed E-state index contributed by atoms with van der Waals surface area (Å²) in [5.74, 6) is 0.396. The fraction of sp³-hybridized carbons (Fsp3) is 0.633. The third kappa shape index (κ3) is 29.5. The van der Waals surface area contributed by atoms with E-state index >= 15 is 0 Å². The van der Waals surface area contributed by atoms with Crippen molar-refractivity contribution in [1.82, 2.24) is 4.90 Å². The molecule has 0 radical (unpaired) electrons. The number of halogens is 1. The molecule has 2 fully saturated rings. The summed E-state index contributed by atoms with van der Waals surface area (Å²) in [4.78, 5) is 24.4. The van der Waals surface area contributed by atoms with Gasteiger partial charge in [0.1, 0.15) is 5.78 Å². The first kappa shape index (κ1) is 43.1. The molecule has 0 saturated carbocycles. The molecule has 2 rings (SSSR count). The van der Waals surface area contributed by atoms with E-state index in [4.69, 9.17) is 9.47 Å². The molecular formula is C30H52ClMgNO4. The predicted molar refractivity (Wildman–Crippen MR) is 155 cm³/mol. The summed E-state index contributed by atoms with van der Waals surface area (Å²) in [5.41, 5.74) is 4.71. The van der Waals surface area contributed by atoms with Gasteiger partial charge >= 0.3 is 23.1 Å². The number of carbonyl (C=O) groups is 2. The molecular weight excluding hydrogens is 498 g/mol. The minimum absolute atomic E-state index is 0. The molecule has 0 atom stereocenters. The zero-order valence-electron chi connectivity index (χ0n) is 24.6. The number of nitrogens with zero attached hydrogens (tertiary/aromatic N) is 1. The summed E-state index contributed by atoms with van der Waals surface area (Å²) in [7, 11) is 0. The van der Waals surface area contributed by atoms with Crippen LogP contribution < -0.4 is 12.4 Å². The summed E-state index contributed by atoms with van der Waals surface area (Å²) in [5, 5.41) is 0. The van der Waals surface area contributed by atoms with Crippen molar-refractivity contribution in [1.29, 1.82) is 0 Å². The van der Waals surface area contributed by atoms with E-state index in [1.165, 1.54) is 24.0 Å². The van der Waals surface area contributed by atoms with Crippen LogP contribution in [0.15, 0.2) is 47.6 Å². The van der Waals surface area contributed by atoms with Gasteiger partial charge in [0.25, 0.3) is 0 Å². The smallest absolute Gasteiger partial charge is 1.00 e. The Morgan fingerprint density at radius 3 is 1.51 bits per heavy atom. The first-order valence-electron chi connectivity index (χ1n) is 12.6. The minimum atomic E-state index is 0. The zero-order chi connectivity index (χ0) is 25.8. The van der Waals surface area contributed by atoms with Crippen LogP contribution in [0.5, 0.6) is 0 Å². The molecule has 0 spiro atoms. The van der Waals surface area contributed by atoms with Crippen LogP contribution in [-0.2, 0) is 19.1 Å². The molecule has 5 nitrogen and oxygen atoms in total. The Hall–Kier alpha value is -0.924. The number of hydrogen-bond donors (Lipinski definition) is 0. The molecule has 0 aromatic carbocycles. The molecule has 2 aliphatic rings. The average Bonchev–Trinajstić information content (AvgIpc) is 3.34. The second-order valence-corrected chi connectivity index (χ2v) is 9.51. The van der Waals surface area contributed by atoms with Crippen LogP contribution in [0, 0.1) is 7.43 Å². The van der Waals surface area contributed by atoms with Crippen molar-refractivity contribution in [2.45, 2.75) is 86.0 Å². The molecule has 0 N–H and O–H groups in total. The van der Waals surface area contributed by atoms with Gasteiger partial charge in [-0.2, -0.15) is 0 Å². The van der Waals surface area contributed by atoms with E-state index in [0.717, 1.165) is 63.1 Å². The quantitative estimate of drug-likeness (QED) is 0.237. The number of allylic oxidation sites excluding steroid dienone is 5. The monoisotopic (exact) mass is 549 g/mol. The Balaban J connectivity index is -0.000000239. The molecule has 0 aromatic rings. The van der Waals surface area contributed by atoms with Crippen molar-refractivity contribution < 1.29 is 31.5 Å². The van der Waals surface area contributed by atoms with Crippen molar-refractivity contribution >= 4 is 34.7 Å². The largest absolute Gasteiger partial charge is 2.00 e. The predicted octanol–water partition coefficient (Wildman–Crippen LogP) is 3.68. The average molecular weight is 551 g/mol. The fourth-order valence-corrected chi connectivity index (χ4v) is 3.31. The first-order chi connectivity index (χ1) is 16.1. The Bertz CT molecular complexity index is 678. The van der Waals surface area contributed by atoms with E-state index in [0.29, 0.717) is 26.1 Å². The Morgan fingerprint density at radius 1 is 0.757 bits per heavy atom. The number of amides is 1. The van der Waals surface area contributed by atoms with Gasteiger partial charge in [0.2, 0.25) is 5.91 Å². The number of morpholine rings is 1. The van der Waals surface area contributed by atoms with Crippen molar-refractivity contribution in [2.75, 3.05) is 39.5 Å². The van der Waals surface area contributed by atoms with E-state index in [2.05, 4.69) is 53.0 Å². The molecule has 37 heavy (non-hydrogen) atoms. The van der Waals surface area contributed by atoms with E-state index in [9.17, 15) is 9.59 Å². The Morgan fingerprint density at radius 2 is 1.16 bits per heavy atom. The van der Waals surface area contributed by atoms with Gasteiger partial charge in [-0.05, 0) is 73.1 Å². The van der Waals surface area contributed by atoms with Gasteiger partial charge in [-0.15, -0.1) is 0 Å². The summed E-state index contributed by atoms with van der Waals surface area (Å²) in [6, 6.07) is 0. The summed E-state index contributed by atoms with van der Waals surface area (Å²) < 4.78 is 10.2. The van der Waals surface area contributed by atoms with Gasteiger partial charge in [0.15, 0.2) is 0 Å². The zero-order valence-corrected chi connectivity index (χ0v) is 26.8. The van der Waals surface area contributed by atoms with Gasteiger partial charge in [0, 0.05) is 39.1 Å². The first-order valence-corrected chi connectivity index (χ1v) is 12.6. The van der Waals surface area contributed by atoms with E-state index in [-0.39, 0.29) is 54.6 Å². The third-order valence-corrected chi connectivity index (χ3v) is 5.19. The molecule has 0 unspecified atom stereocenters. The molecule has 0 bridgehead atoms.